The van der Waals surface area contributed by atoms with Crippen LogP contribution in [0, 0.1) is 0 Å². The van der Waals surface area contributed by atoms with Crippen LogP contribution in [0.4, 0.5) is 0 Å². The van der Waals surface area contributed by atoms with Crippen molar-refractivity contribution in [3.8, 4) is 0 Å². The van der Waals surface area contributed by atoms with E-state index in [0.29, 0.717) is 0 Å². The molecule has 0 saturated carbocycles. The summed E-state index contributed by atoms with van der Waals surface area (Å²) in [5.41, 5.74) is 3.83. The molecule has 30 heavy (non-hydrogen) atoms. The summed E-state index contributed by atoms with van der Waals surface area (Å²) in [6.45, 7) is 0. The van der Waals surface area contributed by atoms with Crippen LogP contribution in [-0.4, -0.2) is 22.4 Å². The van der Waals surface area contributed by atoms with Crippen molar-refractivity contribution in [1.29, 1.82) is 0 Å². The predicted molar refractivity (Wildman–Crippen MR) is 122 cm³/mol. The van der Waals surface area contributed by atoms with E-state index >= 15 is 0 Å². The highest BCUT2D eigenvalue weighted by atomic mass is 14.9. The minimum absolute atomic E-state index is 0.199. The number of benzene rings is 2. The topological polar surface area (TPSA) is 50.5 Å². The summed E-state index contributed by atoms with van der Waals surface area (Å²) in [7, 11) is 0. The van der Waals surface area contributed by atoms with Crippen LogP contribution in [0.15, 0.2) is 119 Å². The molecule has 0 N–H and O–H groups in total. The number of pyridine rings is 2. The van der Waals surface area contributed by atoms with Crippen LogP contribution in [0.25, 0.3) is 0 Å². The van der Waals surface area contributed by atoms with Crippen molar-refractivity contribution in [3.63, 3.8) is 0 Å². The average molecular weight is 390 g/mol. The number of aliphatic imine (C=N–C) groups is 2. The lowest BCUT2D eigenvalue weighted by atomic mass is 9.94. The Morgan fingerprint density at radius 3 is 1.27 bits per heavy atom. The first-order chi connectivity index (χ1) is 14.9. The van der Waals surface area contributed by atoms with Gasteiger partial charge in [-0.2, -0.15) is 0 Å². The van der Waals surface area contributed by atoms with Gasteiger partial charge < -0.3 is 0 Å². The zero-order valence-electron chi connectivity index (χ0n) is 16.5. The molecule has 0 fully saturated rings. The zero-order chi connectivity index (χ0) is 20.4. The molecule has 2 aromatic carbocycles. The summed E-state index contributed by atoms with van der Waals surface area (Å²) in [6.07, 6.45) is 7.19. The minimum Gasteiger partial charge on any atom is -0.280 e. The van der Waals surface area contributed by atoms with Gasteiger partial charge in [0.2, 0.25) is 0 Å². The van der Waals surface area contributed by atoms with Gasteiger partial charge in [-0.1, -0.05) is 72.8 Å². The van der Waals surface area contributed by atoms with Crippen molar-refractivity contribution in [3.05, 3.63) is 132 Å². The Bertz CT molecular complexity index is 988. The van der Waals surface area contributed by atoms with E-state index in [0.717, 1.165) is 22.5 Å². The fourth-order valence-electron chi connectivity index (χ4n) is 3.22. The van der Waals surface area contributed by atoms with Crippen LogP contribution in [0.1, 0.15) is 34.6 Å². The van der Waals surface area contributed by atoms with E-state index in [2.05, 4.69) is 34.2 Å². The first-order valence-corrected chi connectivity index (χ1v) is 9.88. The van der Waals surface area contributed by atoms with Crippen molar-refractivity contribution in [2.45, 2.75) is 12.1 Å². The van der Waals surface area contributed by atoms with Crippen molar-refractivity contribution < 1.29 is 0 Å². The van der Waals surface area contributed by atoms with Gasteiger partial charge in [-0.15, -0.1) is 0 Å². The van der Waals surface area contributed by atoms with Crippen LogP contribution in [0.3, 0.4) is 0 Å². The Labute approximate surface area is 176 Å². The van der Waals surface area contributed by atoms with Gasteiger partial charge in [-0.05, 0) is 35.4 Å². The largest absolute Gasteiger partial charge is 0.280 e. The molecule has 2 aromatic heterocycles. The summed E-state index contributed by atoms with van der Waals surface area (Å²) < 4.78 is 0. The predicted octanol–water partition coefficient (Wildman–Crippen LogP) is 5.50. The van der Waals surface area contributed by atoms with E-state index in [4.69, 9.17) is 9.98 Å². The molecule has 2 atom stereocenters. The lowest BCUT2D eigenvalue weighted by Gasteiger charge is -2.22. The van der Waals surface area contributed by atoms with E-state index in [-0.39, 0.29) is 12.1 Å². The minimum atomic E-state index is -0.199. The van der Waals surface area contributed by atoms with Crippen molar-refractivity contribution >= 4 is 12.4 Å². The maximum Gasteiger partial charge on any atom is 0.101 e. The van der Waals surface area contributed by atoms with E-state index in [1.165, 1.54) is 0 Å². The van der Waals surface area contributed by atoms with Gasteiger partial charge in [0.25, 0.3) is 0 Å². The van der Waals surface area contributed by atoms with E-state index in [1.54, 1.807) is 12.4 Å². The van der Waals surface area contributed by atoms with Crippen molar-refractivity contribution in [2.24, 2.45) is 9.98 Å². The van der Waals surface area contributed by atoms with Crippen LogP contribution in [-0.2, 0) is 0 Å². The fraction of sp³-hybridized carbons (Fsp3) is 0.0769. The lowest BCUT2D eigenvalue weighted by Crippen LogP contribution is -2.09. The third-order valence-electron chi connectivity index (χ3n) is 4.69. The van der Waals surface area contributed by atoms with Gasteiger partial charge in [-0.25, -0.2) is 0 Å². The molecule has 0 saturated heterocycles. The van der Waals surface area contributed by atoms with Crippen LogP contribution >= 0.6 is 0 Å². The molecule has 0 bridgehead atoms. The van der Waals surface area contributed by atoms with Gasteiger partial charge in [-0.3, -0.25) is 20.0 Å². The molecule has 4 rings (SSSR count). The average Bonchev–Trinajstić information content (AvgIpc) is 2.83. The third kappa shape index (κ3) is 5.11. The number of hydrogen-bond donors (Lipinski definition) is 0. The highest BCUT2D eigenvalue weighted by Crippen LogP contribution is 2.35. The molecule has 0 radical (unpaired) electrons. The molecule has 0 aliphatic rings. The number of nitrogens with zero attached hydrogens (tertiary/aromatic N) is 4. The van der Waals surface area contributed by atoms with Crippen LogP contribution < -0.4 is 0 Å². The molecule has 4 heteroatoms. The standard InChI is InChI=1S/C26H22N4/c1-3-11-21(12-4-1)25(29-19-23-15-7-9-17-27-23)26(22-13-5-2-6-14-22)30-20-24-16-8-10-18-28-24/h1-20,25-26H/b29-19+,30-20+/t25-,26-/m1/s1. The Morgan fingerprint density at radius 2 is 0.900 bits per heavy atom. The fourth-order valence-corrected chi connectivity index (χ4v) is 3.22. The Morgan fingerprint density at radius 1 is 0.500 bits per heavy atom. The molecule has 0 spiro atoms. The van der Waals surface area contributed by atoms with Gasteiger partial charge in [0.15, 0.2) is 0 Å². The molecular formula is C26H22N4. The van der Waals surface area contributed by atoms with Gasteiger partial charge in [0.05, 0.1) is 11.4 Å². The molecule has 0 amide bonds. The maximum absolute atomic E-state index is 4.93. The first kappa shape index (κ1) is 19.4. The summed E-state index contributed by atoms with van der Waals surface area (Å²) >= 11 is 0. The second-order valence-corrected chi connectivity index (χ2v) is 6.78. The van der Waals surface area contributed by atoms with Gasteiger partial charge >= 0.3 is 0 Å². The van der Waals surface area contributed by atoms with Crippen LogP contribution in [0.2, 0.25) is 0 Å². The SMILES string of the molecule is C(=N\[C@H](c1ccccc1)[C@H](/N=C/c1ccccn1)c1ccccc1)/c1ccccn1. The highest BCUT2D eigenvalue weighted by Gasteiger charge is 2.23. The Balaban J connectivity index is 1.76. The molecule has 4 nitrogen and oxygen atoms in total. The van der Waals surface area contributed by atoms with Crippen LogP contribution in [0.5, 0.6) is 0 Å². The first-order valence-electron chi connectivity index (χ1n) is 9.88. The molecule has 2 heterocycles. The van der Waals surface area contributed by atoms with E-state index in [1.807, 2.05) is 85.2 Å². The molecule has 4 aromatic rings. The van der Waals surface area contributed by atoms with Crippen molar-refractivity contribution in [2.75, 3.05) is 0 Å². The summed E-state index contributed by atoms with van der Waals surface area (Å²) in [6, 6.07) is 31.7. The third-order valence-corrected chi connectivity index (χ3v) is 4.69. The summed E-state index contributed by atoms with van der Waals surface area (Å²) in [5.74, 6) is 0. The number of aromatic nitrogens is 2. The monoisotopic (exact) mass is 390 g/mol. The van der Waals surface area contributed by atoms with Gasteiger partial charge in [0.1, 0.15) is 12.1 Å². The summed E-state index contributed by atoms with van der Waals surface area (Å²) in [4.78, 5) is 18.6. The quantitative estimate of drug-likeness (QED) is 0.391. The normalized spacial score (nSPS) is 13.5. The smallest absolute Gasteiger partial charge is 0.101 e. The van der Waals surface area contributed by atoms with E-state index < -0.39 is 0 Å². The molecule has 146 valence electrons. The Hall–Kier alpha value is -3.92. The molecule has 0 aliphatic heterocycles. The molecule has 0 aliphatic carbocycles. The summed E-state index contributed by atoms with van der Waals surface area (Å²) in [5, 5.41) is 0. The molecule has 0 unspecified atom stereocenters. The van der Waals surface area contributed by atoms with Crippen molar-refractivity contribution in [1.82, 2.24) is 9.97 Å². The van der Waals surface area contributed by atoms with E-state index in [9.17, 15) is 0 Å². The molecular weight excluding hydrogens is 368 g/mol. The maximum atomic E-state index is 4.93. The second-order valence-electron chi connectivity index (χ2n) is 6.78. The Kier molecular flexibility index (Phi) is 6.48. The second kappa shape index (κ2) is 10.0. The highest BCUT2D eigenvalue weighted by molar-refractivity contribution is 5.78. The lowest BCUT2D eigenvalue weighted by molar-refractivity contribution is 0.583. The number of hydrogen-bond acceptors (Lipinski definition) is 4. The number of rotatable bonds is 7. The zero-order valence-corrected chi connectivity index (χ0v) is 16.5. The van der Waals surface area contributed by atoms with Gasteiger partial charge in [0, 0.05) is 24.8 Å².